The van der Waals surface area contributed by atoms with Crippen molar-refractivity contribution in [1.82, 2.24) is 0 Å². The summed E-state index contributed by atoms with van der Waals surface area (Å²) in [6, 6.07) is 0. The fourth-order valence-electron chi connectivity index (χ4n) is 0.741. The quantitative estimate of drug-likeness (QED) is 0.609. The first-order chi connectivity index (χ1) is 8.85. The van der Waals surface area contributed by atoms with Crippen LogP contribution in [0.15, 0.2) is 0 Å². The van der Waals surface area contributed by atoms with Crippen LogP contribution in [0.5, 0.6) is 0 Å². The molecule has 0 spiro atoms. The van der Waals surface area contributed by atoms with E-state index in [1.54, 1.807) is 13.8 Å². The average Bonchev–Trinajstić information content (AvgIpc) is 2.36. The second-order valence-corrected chi connectivity index (χ2v) is 5.09. The number of Topliss-reactive ketones (excluding diaryl/α,β-unsaturated/α-hetero) is 1. The summed E-state index contributed by atoms with van der Waals surface area (Å²) in [5, 5.41) is 8.44. The first-order valence-electron chi connectivity index (χ1n) is 5.76. The topological polar surface area (TPSA) is 107 Å². The van der Waals surface area contributed by atoms with Gasteiger partial charge in [-0.15, -0.1) is 0 Å². The number of rotatable bonds is 4. The Hall–Kier alpha value is -1.92. The molecule has 7 nitrogen and oxygen atoms in total. The Balaban J connectivity index is 0. The molecule has 0 amide bonds. The van der Waals surface area contributed by atoms with E-state index in [1.807, 2.05) is 0 Å². The second kappa shape index (κ2) is 7.62. The van der Waals surface area contributed by atoms with Crippen molar-refractivity contribution >= 4 is 23.7 Å². The fraction of sp³-hybridized carbons (Fsp3) is 0.692. The molecule has 0 aromatic carbocycles. The SMILES string of the molecule is COC(=O)C(C)(C)C(=O)O.COC(=O)C(C)(C)C(C)=O. The van der Waals surface area contributed by atoms with Crippen LogP contribution in [0, 0.1) is 10.8 Å². The zero-order valence-electron chi connectivity index (χ0n) is 12.9. The van der Waals surface area contributed by atoms with E-state index in [9.17, 15) is 19.2 Å². The highest BCUT2D eigenvalue weighted by Crippen LogP contribution is 2.17. The number of hydrogen-bond donors (Lipinski definition) is 1. The zero-order chi connectivity index (χ0) is 16.7. The number of ketones is 1. The summed E-state index contributed by atoms with van der Waals surface area (Å²) in [6.45, 7) is 7.04. The van der Waals surface area contributed by atoms with E-state index in [4.69, 9.17) is 5.11 Å². The zero-order valence-corrected chi connectivity index (χ0v) is 12.9. The molecule has 20 heavy (non-hydrogen) atoms. The maximum atomic E-state index is 10.8. The highest BCUT2D eigenvalue weighted by Gasteiger charge is 2.37. The molecule has 0 aromatic rings. The Labute approximate surface area is 118 Å². The fourth-order valence-corrected chi connectivity index (χ4v) is 0.741. The third kappa shape index (κ3) is 5.38. The van der Waals surface area contributed by atoms with Crippen LogP contribution in [0.25, 0.3) is 0 Å². The molecule has 0 unspecified atom stereocenters. The van der Waals surface area contributed by atoms with Gasteiger partial charge in [0.15, 0.2) is 5.41 Å². The number of carbonyl (C=O) groups is 4. The molecular formula is C13H22O7. The van der Waals surface area contributed by atoms with Crippen LogP contribution in [0.4, 0.5) is 0 Å². The van der Waals surface area contributed by atoms with E-state index in [1.165, 1.54) is 27.9 Å². The van der Waals surface area contributed by atoms with Crippen LogP contribution in [-0.4, -0.2) is 43.0 Å². The van der Waals surface area contributed by atoms with Crippen molar-refractivity contribution in [2.75, 3.05) is 14.2 Å². The van der Waals surface area contributed by atoms with Gasteiger partial charge in [0.2, 0.25) is 0 Å². The Morgan fingerprint density at radius 3 is 1.20 bits per heavy atom. The molecule has 0 radical (unpaired) electrons. The predicted octanol–water partition coefficient (Wildman–Crippen LogP) is 1.04. The summed E-state index contributed by atoms with van der Waals surface area (Å²) in [5.74, 6) is -2.58. The molecule has 0 aliphatic heterocycles. The molecule has 0 rings (SSSR count). The van der Waals surface area contributed by atoms with Crippen molar-refractivity contribution in [3.05, 3.63) is 0 Å². The minimum Gasteiger partial charge on any atom is -0.480 e. The normalized spacial score (nSPS) is 10.8. The highest BCUT2D eigenvalue weighted by molar-refractivity contribution is 6.01. The van der Waals surface area contributed by atoms with Gasteiger partial charge < -0.3 is 14.6 Å². The molecule has 0 atom stereocenters. The highest BCUT2D eigenvalue weighted by atomic mass is 16.5. The van der Waals surface area contributed by atoms with E-state index >= 15 is 0 Å². The molecular weight excluding hydrogens is 268 g/mol. The van der Waals surface area contributed by atoms with Crippen molar-refractivity contribution in [3.8, 4) is 0 Å². The molecule has 0 saturated carbocycles. The van der Waals surface area contributed by atoms with Crippen LogP contribution in [0.1, 0.15) is 34.6 Å². The number of methoxy groups -OCH3 is 2. The molecule has 0 aliphatic rings. The predicted molar refractivity (Wildman–Crippen MR) is 69.9 cm³/mol. The van der Waals surface area contributed by atoms with E-state index < -0.39 is 28.7 Å². The first-order valence-corrected chi connectivity index (χ1v) is 5.76. The first kappa shape index (κ1) is 20.4. The van der Waals surface area contributed by atoms with Crippen LogP contribution in [0.3, 0.4) is 0 Å². The molecule has 0 saturated heterocycles. The molecule has 0 heterocycles. The van der Waals surface area contributed by atoms with Gasteiger partial charge in [0, 0.05) is 0 Å². The maximum Gasteiger partial charge on any atom is 0.322 e. The number of carboxylic acid groups (broad SMARTS) is 1. The lowest BCUT2D eigenvalue weighted by Gasteiger charge is -2.16. The average molecular weight is 290 g/mol. The van der Waals surface area contributed by atoms with Gasteiger partial charge in [0.1, 0.15) is 11.2 Å². The number of hydrogen-bond acceptors (Lipinski definition) is 6. The van der Waals surface area contributed by atoms with Crippen LogP contribution in [-0.2, 0) is 28.7 Å². The van der Waals surface area contributed by atoms with E-state index in [2.05, 4.69) is 9.47 Å². The molecule has 0 bridgehead atoms. The summed E-state index contributed by atoms with van der Waals surface area (Å²) in [7, 11) is 2.43. The molecule has 7 heteroatoms. The number of carboxylic acids is 1. The summed E-state index contributed by atoms with van der Waals surface area (Å²) in [4.78, 5) is 42.6. The van der Waals surface area contributed by atoms with Gasteiger partial charge in [0.25, 0.3) is 0 Å². The van der Waals surface area contributed by atoms with Crippen LogP contribution >= 0.6 is 0 Å². The van der Waals surface area contributed by atoms with E-state index in [0.29, 0.717) is 0 Å². The number of carbonyl (C=O) groups excluding carboxylic acids is 3. The molecule has 1 N–H and O–H groups in total. The van der Waals surface area contributed by atoms with Gasteiger partial charge in [-0.2, -0.15) is 0 Å². The van der Waals surface area contributed by atoms with Crippen molar-refractivity contribution in [2.45, 2.75) is 34.6 Å². The van der Waals surface area contributed by atoms with Gasteiger partial charge in [-0.3, -0.25) is 19.2 Å². The molecule has 0 aromatic heterocycles. The summed E-state index contributed by atoms with van der Waals surface area (Å²) in [5.41, 5.74) is -2.43. The van der Waals surface area contributed by atoms with Gasteiger partial charge in [-0.25, -0.2) is 0 Å². The molecule has 0 aliphatic carbocycles. The van der Waals surface area contributed by atoms with Crippen LogP contribution in [0.2, 0.25) is 0 Å². The lowest BCUT2D eigenvalue weighted by molar-refractivity contribution is -0.164. The number of aliphatic carboxylic acids is 1. The van der Waals surface area contributed by atoms with Crippen LogP contribution < -0.4 is 0 Å². The van der Waals surface area contributed by atoms with Gasteiger partial charge >= 0.3 is 17.9 Å². The number of ether oxygens (including phenoxy) is 2. The lowest BCUT2D eigenvalue weighted by atomic mass is 9.89. The summed E-state index contributed by atoms with van der Waals surface area (Å²) in [6.07, 6.45) is 0. The maximum absolute atomic E-state index is 10.8. The summed E-state index contributed by atoms with van der Waals surface area (Å²) < 4.78 is 8.67. The molecule has 116 valence electrons. The van der Waals surface area contributed by atoms with Gasteiger partial charge in [0.05, 0.1) is 14.2 Å². The minimum absolute atomic E-state index is 0.181. The number of esters is 2. The van der Waals surface area contributed by atoms with Crippen molar-refractivity contribution in [2.24, 2.45) is 10.8 Å². The lowest BCUT2D eigenvalue weighted by Crippen LogP contribution is -2.34. The van der Waals surface area contributed by atoms with Crippen molar-refractivity contribution in [3.63, 3.8) is 0 Å². The Morgan fingerprint density at radius 2 is 1.10 bits per heavy atom. The minimum atomic E-state index is -1.44. The molecule has 0 fully saturated rings. The Bertz CT molecular complexity index is 356. The Morgan fingerprint density at radius 1 is 0.800 bits per heavy atom. The standard InChI is InChI=1S/C7H12O3.C6H10O4/c1-5(8)7(2,3)6(9)10-4;1-6(2,4(7)8)5(9)10-3/h1-4H3;1-3H3,(H,7,8). The third-order valence-corrected chi connectivity index (χ3v) is 2.81. The van der Waals surface area contributed by atoms with Gasteiger partial charge in [-0.05, 0) is 34.6 Å². The van der Waals surface area contributed by atoms with E-state index in [-0.39, 0.29) is 5.78 Å². The summed E-state index contributed by atoms with van der Waals surface area (Å²) >= 11 is 0. The second-order valence-electron chi connectivity index (χ2n) is 5.09. The largest absolute Gasteiger partial charge is 0.480 e. The monoisotopic (exact) mass is 290 g/mol. The van der Waals surface area contributed by atoms with E-state index in [0.717, 1.165) is 7.11 Å². The van der Waals surface area contributed by atoms with Crippen molar-refractivity contribution < 1.29 is 33.8 Å². The van der Waals surface area contributed by atoms with Crippen molar-refractivity contribution in [1.29, 1.82) is 0 Å². The van der Waals surface area contributed by atoms with Gasteiger partial charge in [-0.1, -0.05) is 0 Å². The smallest absolute Gasteiger partial charge is 0.322 e. The third-order valence-electron chi connectivity index (χ3n) is 2.81. The Kier molecular flexibility index (Phi) is 7.77.